The van der Waals surface area contributed by atoms with Crippen LogP contribution in [0.2, 0.25) is 0 Å². The van der Waals surface area contributed by atoms with Crippen molar-refractivity contribution in [2.45, 2.75) is 30.7 Å². The largest absolute Gasteiger partial charge is 0.380 e. The van der Waals surface area contributed by atoms with Gasteiger partial charge in [-0.1, -0.05) is 18.2 Å². The molecule has 5 nitrogen and oxygen atoms in total. The van der Waals surface area contributed by atoms with Gasteiger partial charge >= 0.3 is 0 Å². The van der Waals surface area contributed by atoms with Gasteiger partial charge in [-0.25, -0.2) is 18.4 Å². The number of ether oxygens (including phenoxy) is 1. The number of epoxide rings is 1. The Hall–Kier alpha value is -1.86. The van der Waals surface area contributed by atoms with Crippen molar-refractivity contribution in [3.8, 4) is 0 Å². The van der Waals surface area contributed by atoms with Crippen molar-refractivity contribution < 1.29 is 18.6 Å². The van der Waals surface area contributed by atoms with Crippen molar-refractivity contribution in [2.24, 2.45) is 0 Å². The van der Waals surface area contributed by atoms with Crippen molar-refractivity contribution in [1.29, 1.82) is 0 Å². The Balaban J connectivity index is 0.000000429. The maximum atomic E-state index is 14.5. The zero-order valence-electron chi connectivity index (χ0n) is 12.0. The molecule has 118 valence electrons. The highest BCUT2D eigenvalue weighted by atomic mass is 19.1. The molecule has 1 aromatic heterocycles. The Morgan fingerprint density at radius 2 is 2.00 bits per heavy atom. The first-order valence-corrected chi connectivity index (χ1v) is 7.12. The van der Waals surface area contributed by atoms with Crippen molar-refractivity contribution in [3.05, 3.63) is 48.3 Å². The lowest BCUT2D eigenvalue weighted by Gasteiger charge is -2.32. The summed E-state index contributed by atoms with van der Waals surface area (Å²) in [4.78, 5) is 3.75. The summed E-state index contributed by atoms with van der Waals surface area (Å²) in [6, 6.07) is 5.71. The van der Waals surface area contributed by atoms with E-state index in [1.54, 1.807) is 6.07 Å². The third-order valence-corrected chi connectivity index (χ3v) is 3.81. The fourth-order valence-electron chi connectivity index (χ4n) is 2.34. The molecular weight excluding hydrogens is 292 g/mol. The highest BCUT2D eigenvalue weighted by Crippen LogP contribution is 2.54. The molecule has 2 aromatic rings. The number of alkyl halides is 1. The molecule has 1 aromatic carbocycles. The molecule has 1 unspecified atom stereocenters. The minimum absolute atomic E-state index is 0.0366. The van der Waals surface area contributed by atoms with E-state index in [2.05, 4.69) is 14.8 Å². The van der Waals surface area contributed by atoms with Crippen molar-refractivity contribution in [3.63, 3.8) is 0 Å². The molecule has 2 heterocycles. The van der Waals surface area contributed by atoms with Crippen molar-refractivity contribution in [1.82, 2.24) is 14.8 Å². The molecule has 0 spiro atoms. The standard InChI is InChI=1S/C13H13F2N3O.C2H4O/c14-11-4-2-1-3-10(11)13(19,12(15)5-6-12)7-18-9-16-8-17-18;1-2-3-1/h1-4,8-9,19H,5-7H2;1-2H2. The van der Waals surface area contributed by atoms with E-state index in [4.69, 9.17) is 0 Å². The molecule has 1 aliphatic heterocycles. The molecule has 1 atom stereocenters. The van der Waals surface area contributed by atoms with Gasteiger partial charge in [0.05, 0.1) is 19.8 Å². The summed E-state index contributed by atoms with van der Waals surface area (Å²) in [7, 11) is 0. The van der Waals surface area contributed by atoms with Crippen molar-refractivity contribution >= 4 is 0 Å². The molecule has 2 aliphatic rings. The van der Waals surface area contributed by atoms with E-state index in [0.29, 0.717) is 0 Å². The average Bonchev–Trinajstić information content (AvgIpc) is 3.43. The normalized spacial score (nSPS) is 20.5. The van der Waals surface area contributed by atoms with Gasteiger partial charge in [-0.15, -0.1) is 0 Å². The molecule has 1 aliphatic carbocycles. The van der Waals surface area contributed by atoms with Gasteiger partial charge in [0.1, 0.15) is 29.7 Å². The number of rotatable bonds is 4. The third kappa shape index (κ3) is 3.00. The molecular formula is C15H17F2N3O2. The van der Waals surface area contributed by atoms with Crippen LogP contribution in [0.1, 0.15) is 18.4 Å². The first kappa shape index (κ1) is 15.1. The predicted molar refractivity (Wildman–Crippen MR) is 74.2 cm³/mol. The Kier molecular flexibility index (Phi) is 3.92. The molecule has 1 N–H and O–H groups in total. The lowest BCUT2D eigenvalue weighted by molar-refractivity contribution is -0.0743. The van der Waals surface area contributed by atoms with Crippen LogP contribution < -0.4 is 0 Å². The second-order valence-electron chi connectivity index (χ2n) is 5.51. The maximum absolute atomic E-state index is 14.5. The molecule has 0 bridgehead atoms. The fraction of sp³-hybridized carbons (Fsp3) is 0.467. The first-order valence-electron chi connectivity index (χ1n) is 7.12. The van der Waals surface area contributed by atoms with Crippen LogP contribution >= 0.6 is 0 Å². The van der Waals surface area contributed by atoms with Gasteiger partial charge in [0, 0.05) is 5.56 Å². The lowest BCUT2D eigenvalue weighted by atomic mass is 9.86. The SMILES string of the molecule is C1CO1.OC(Cn1cncn1)(c1ccccc1F)C1(F)CC1. The maximum Gasteiger partial charge on any atom is 0.146 e. The minimum atomic E-state index is -1.92. The van der Waals surface area contributed by atoms with Crippen LogP contribution in [-0.2, 0) is 16.9 Å². The van der Waals surface area contributed by atoms with Gasteiger partial charge in [0.25, 0.3) is 0 Å². The molecule has 22 heavy (non-hydrogen) atoms. The van der Waals surface area contributed by atoms with Gasteiger partial charge in [-0.3, -0.25) is 0 Å². The van der Waals surface area contributed by atoms with Gasteiger partial charge in [-0.05, 0) is 18.9 Å². The summed E-state index contributed by atoms with van der Waals surface area (Å²) in [6.45, 7) is 1.84. The van der Waals surface area contributed by atoms with E-state index in [1.165, 1.54) is 35.5 Å². The molecule has 0 amide bonds. The second-order valence-corrected chi connectivity index (χ2v) is 5.51. The molecule has 2 fully saturated rings. The quantitative estimate of drug-likeness (QED) is 0.875. The molecule has 7 heteroatoms. The smallest absolute Gasteiger partial charge is 0.146 e. The fourth-order valence-corrected chi connectivity index (χ4v) is 2.34. The van der Waals surface area contributed by atoms with E-state index in [-0.39, 0.29) is 24.9 Å². The van der Waals surface area contributed by atoms with E-state index in [1.807, 2.05) is 0 Å². The molecule has 0 radical (unpaired) electrons. The number of aliphatic hydroxyl groups is 1. The van der Waals surface area contributed by atoms with E-state index in [9.17, 15) is 13.9 Å². The van der Waals surface area contributed by atoms with Crippen LogP contribution in [0.3, 0.4) is 0 Å². The molecule has 4 rings (SSSR count). The van der Waals surface area contributed by atoms with E-state index < -0.39 is 17.1 Å². The van der Waals surface area contributed by atoms with E-state index >= 15 is 0 Å². The third-order valence-electron chi connectivity index (χ3n) is 3.81. The zero-order chi connectivity index (χ0) is 15.6. The van der Waals surface area contributed by atoms with Crippen molar-refractivity contribution in [2.75, 3.05) is 13.2 Å². The highest BCUT2D eigenvalue weighted by Gasteiger charge is 2.62. The van der Waals surface area contributed by atoms with Crippen LogP contribution in [0, 0.1) is 5.82 Å². The van der Waals surface area contributed by atoms with E-state index in [0.717, 1.165) is 13.2 Å². The number of aromatic nitrogens is 3. The minimum Gasteiger partial charge on any atom is -0.380 e. The topological polar surface area (TPSA) is 63.5 Å². The zero-order valence-corrected chi connectivity index (χ0v) is 12.0. The summed E-state index contributed by atoms with van der Waals surface area (Å²) in [5, 5.41) is 14.6. The Labute approximate surface area is 126 Å². The number of benzene rings is 1. The van der Waals surface area contributed by atoms with Gasteiger partial charge < -0.3 is 9.84 Å². The van der Waals surface area contributed by atoms with Crippen LogP contribution in [0.4, 0.5) is 8.78 Å². The Bertz CT molecular complexity index is 627. The highest BCUT2D eigenvalue weighted by molar-refractivity contribution is 5.31. The second kappa shape index (κ2) is 5.73. The van der Waals surface area contributed by atoms with Crippen LogP contribution in [0.25, 0.3) is 0 Å². The van der Waals surface area contributed by atoms with Gasteiger partial charge in [0.2, 0.25) is 0 Å². The monoisotopic (exact) mass is 309 g/mol. The molecule has 1 saturated carbocycles. The van der Waals surface area contributed by atoms with Gasteiger partial charge in [-0.2, -0.15) is 5.10 Å². The summed E-state index contributed by atoms with van der Waals surface area (Å²) >= 11 is 0. The predicted octanol–water partition coefficient (Wildman–Crippen LogP) is 1.82. The number of nitrogens with zero attached hydrogens (tertiary/aromatic N) is 3. The van der Waals surface area contributed by atoms with Crippen LogP contribution in [0.15, 0.2) is 36.9 Å². The van der Waals surface area contributed by atoms with Crippen LogP contribution in [0.5, 0.6) is 0 Å². The number of halogens is 2. The summed E-state index contributed by atoms with van der Waals surface area (Å²) in [5.74, 6) is -0.617. The number of hydrogen-bond donors (Lipinski definition) is 1. The average molecular weight is 309 g/mol. The lowest BCUT2D eigenvalue weighted by Crippen LogP contribution is -2.43. The Morgan fingerprint density at radius 1 is 1.32 bits per heavy atom. The first-order chi connectivity index (χ1) is 10.6. The molecule has 1 saturated heterocycles. The van der Waals surface area contributed by atoms with Crippen LogP contribution in [-0.4, -0.2) is 38.8 Å². The number of hydrogen-bond acceptors (Lipinski definition) is 4. The Morgan fingerprint density at radius 3 is 2.50 bits per heavy atom. The summed E-state index contributed by atoms with van der Waals surface area (Å²) in [5.41, 5.74) is -3.77. The summed E-state index contributed by atoms with van der Waals surface area (Å²) < 4.78 is 34.2. The summed E-state index contributed by atoms with van der Waals surface area (Å²) in [6.07, 6.45) is 3.09. The van der Waals surface area contributed by atoms with Gasteiger partial charge in [0.15, 0.2) is 0 Å².